The van der Waals surface area contributed by atoms with Crippen LogP contribution in [0.5, 0.6) is 11.5 Å². The summed E-state index contributed by atoms with van der Waals surface area (Å²) in [6.45, 7) is 4.38. The predicted octanol–water partition coefficient (Wildman–Crippen LogP) is 4.00. The molecule has 0 N–H and O–H groups in total. The molecule has 0 aliphatic rings. The molecule has 2 aromatic carbocycles. The number of ether oxygens (including phenoxy) is 2. The predicted molar refractivity (Wildman–Crippen MR) is 95.9 cm³/mol. The minimum absolute atomic E-state index is 0.0106. The maximum atomic E-state index is 12.3. The van der Waals surface area contributed by atoms with Gasteiger partial charge in [0.1, 0.15) is 11.5 Å². The Morgan fingerprint density at radius 2 is 1.83 bits per heavy atom. The molecule has 1 amide bonds. The zero-order valence-corrected chi connectivity index (χ0v) is 15.2. The Hall–Kier alpha value is -2.20. The minimum atomic E-state index is -0.114. The van der Waals surface area contributed by atoms with Gasteiger partial charge in [-0.1, -0.05) is 29.3 Å². The van der Waals surface area contributed by atoms with Crippen molar-refractivity contribution in [3.8, 4) is 11.5 Å². The van der Waals surface area contributed by atoms with E-state index in [-0.39, 0.29) is 12.5 Å². The first-order chi connectivity index (χ1) is 11.4. The van der Waals surface area contributed by atoms with Gasteiger partial charge in [-0.05, 0) is 43.7 Å². The van der Waals surface area contributed by atoms with Crippen LogP contribution in [0, 0.1) is 13.8 Å². The fraction of sp³-hybridized carbons (Fsp3) is 0.316. The number of methoxy groups -OCH3 is 1. The molecule has 0 heterocycles. The van der Waals surface area contributed by atoms with E-state index in [1.165, 1.54) is 0 Å². The first-order valence-corrected chi connectivity index (χ1v) is 8.05. The quantitative estimate of drug-likeness (QED) is 0.792. The standard InChI is InChI=1S/C19H22ClNO3/c1-13-5-7-17(14(2)9-13)24-12-19(22)21(3)11-15-10-16(20)6-8-18(15)23-4/h5-10H,11-12H2,1-4H3. The first kappa shape index (κ1) is 18.1. The highest BCUT2D eigenvalue weighted by Gasteiger charge is 2.14. The molecule has 0 aliphatic carbocycles. The number of halogens is 1. The second kappa shape index (κ2) is 8.06. The second-order valence-electron chi connectivity index (χ2n) is 5.76. The summed E-state index contributed by atoms with van der Waals surface area (Å²) in [5, 5.41) is 0.609. The maximum Gasteiger partial charge on any atom is 0.260 e. The number of carbonyl (C=O) groups excluding carboxylic acids is 1. The summed E-state index contributed by atoms with van der Waals surface area (Å²) in [5.41, 5.74) is 3.03. The van der Waals surface area contributed by atoms with E-state index in [1.54, 1.807) is 37.3 Å². The molecular weight excluding hydrogens is 326 g/mol. The molecule has 0 aromatic heterocycles. The molecule has 4 nitrogen and oxygen atoms in total. The first-order valence-electron chi connectivity index (χ1n) is 7.67. The number of amides is 1. The van der Waals surface area contributed by atoms with Gasteiger partial charge in [0.25, 0.3) is 5.91 Å². The molecule has 0 bridgehead atoms. The second-order valence-corrected chi connectivity index (χ2v) is 6.20. The Bertz CT molecular complexity index is 731. The highest BCUT2D eigenvalue weighted by molar-refractivity contribution is 6.30. The van der Waals surface area contributed by atoms with Crippen LogP contribution in [0.15, 0.2) is 36.4 Å². The number of hydrogen-bond donors (Lipinski definition) is 0. The van der Waals surface area contributed by atoms with E-state index in [4.69, 9.17) is 21.1 Å². The van der Waals surface area contributed by atoms with Crippen LogP contribution >= 0.6 is 11.6 Å². The number of rotatable bonds is 6. The third-order valence-corrected chi connectivity index (χ3v) is 3.99. The third kappa shape index (κ3) is 4.65. The van der Waals surface area contributed by atoms with Gasteiger partial charge in [0.2, 0.25) is 0 Å². The van der Waals surface area contributed by atoms with Crippen molar-refractivity contribution >= 4 is 17.5 Å². The molecule has 5 heteroatoms. The largest absolute Gasteiger partial charge is 0.496 e. The molecule has 0 fully saturated rings. The summed E-state index contributed by atoms with van der Waals surface area (Å²) < 4.78 is 11.0. The van der Waals surface area contributed by atoms with E-state index in [2.05, 4.69) is 0 Å². The summed E-state index contributed by atoms with van der Waals surface area (Å²) in [7, 11) is 3.33. The number of likely N-dealkylation sites (N-methyl/N-ethyl adjacent to an activating group) is 1. The molecule has 2 aromatic rings. The van der Waals surface area contributed by atoms with Crippen molar-refractivity contribution in [3.63, 3.8) is 0 Å². The molecular formula is C19H22ClNO3. The van der Waals surface area contributed by atoms with Crippen LogP contribution in [0.4, 0.5) is 0 Å². The molecule has 0 spiro atoms. The van der Waals surface area contributed by atoms with Gasteiger partial charge in [-0.15, -0.1) is 0 Å². The van der Waals surface area contributed by atoms with Gasteiger partial charge in [-0.3, -0.25) is 4.79 Å². The number of nitrogens with zero attached hydrogens (tertiary/aromatic N) is 1. The maximum absolute atomic E-state index is 12.3. The van der Waals surface area contributed by atoms with E-state index in [0.717, 1.165) is 22.4 Å². The lowest BCUT2D eigenvalue weighted by Crippen LogP contribution is -2.31. The lowest BCUT2D eigenvalue weighted by atomic mass is 10.1. The molecule has 2 rings (SSSR count). The van der Waals surface area contributed by atoms with Crippen molar-refractivity contribution in [1.29, 1.82) is 0 Å². The third-order valence-electron chi connectivity index (χ3n) is 3.76. The van der Waals surface area contributed by atoms with E-state index in [9.17, 15) is 4.79 Å². The molecule has 0 unspecified atom stereocenters. The highest BCUT2D eigenvalue weighted by Crippen LogP contribution is 2.24. The van der Waals surface area contributed by atoms with Crippen LogP contribution in [-0.4, -0.2) is 31.6 Å². The Morgan fingerprint density at radius 1 is 1.12 bits per heavy atom. The molecule has 0 radical (unpaired) electrons. The zero-order chi connectivity index (χ0) is 17.7. The van der Waals surface area contributed by atoms with Crippen molar-refractivity contribution in [2.75, 3.05) is 20.8 Å². The molecule has 0 saturated carbocycles. The lowest BCUT2D eigenvalue weighted by Gasteiger charge is -2.19. The fourth-order valence-corrected chi connectivity index (χ4v) is 2.62. The SMILES string of the molecule is COc1ccc(Cl)cc1CN(C)C(=O)COc1ccc(C)cc1C. The van der Waals surface area contributed by atoms with E-state index in [1.807, 2.05) is 32.0 Å². The summed E-state index contributed by atoms with van der Waals surface area (Å²) >= 11 is 6.02. The van der Waals surface area contributed by atoms with Gasteiger partial charge < -0.3 is 14.4 Å². The zero-order valence-electron chi connectivity index (χ0n) is 14.4. The number of hydrogen-bond acceptors (Lipinski definition) is 3. The summed E-state index contributed by atoms with van der Waals surface area (Å²) in [5.74, 6) is 1.31. The van der Waals surface area contributed by atoms with Gasteiger partial charge in [-0.2, -0.15) is 0 Å². The van der Waals surface area contributed by atoms with Gasteiger partial charge >= 0.3 is 0 Å². The van der Waals surface area contributed by atoms with Crippen LogP contribution in [0.2, 0.25) is 5.02 Å². The van der Waals surface area contributed by atoms with E-state index in [0.29, 0.717) is 17.3 Å². The van der Waals surface area contributed by atoms with E-state index < -0.39 is 0 Å². The van der Waals surface area contributed by atoms with Gasteiger partial charge in [-0.25, -0.2) is 0 Å². The van der Waals surface area contributed by atoms with Crippen LogP contribution in [-0.2, 0) is 11.3 Å². The van der Waals surface area contributed by atoms with Crippen LogP contribution in [0.3, 0.4) is 0 Å². The fourth-order valence-electron chi connectivity index (χ4n) is 2.43. The van der Waals surface area contributed by atoms with Crippen molar-refractivity contribution in [3.05, 3.63) is 58.1 Å². The Labute approximate surface area is 147 Å². The smallest absolute Gasteiger partial charge is 0.260 e. The average molecular weight is 348 g/mol. The average Bonchev–Trinajstić information content (AvgIpc) is 2.54. The van der Waals surface area contributed by atoms with Crippen molar-refractivity contribution < 1.29 is 14.3 Å². The number of aryl methyl sites for hydroxylation is 2. The molecule has 128 valence electrons. The minimum Gasteiger partial charge on any atom is -0.496 e. The van der Waals surface area contributed by atoms with Crippen LogP contribution < -0.4 is 9.47 Å². The van der Waals surface area contributed by atoms with Gasteiger partial charge in [0.15, 0.2) is 6.61 Å². The Morgan fingerprint density at radius 3 is 2.50 bits per heavy atom. The molecule has 0 atom stereocenters. The molecule has 0 aliphatic heterocycles. The van der Waals surface area contributed by atoms with Crippen molar-refractivity contribution in [2.24, 2.45) is 0 Å². The summed E-state index contributed by atoms with van der Waals surface area (Å²) in [4.78, 5) is 13.9. The van der Waals surface area contributed by atoms with Gasteiger partial charge in [0.05, 0.1) is 7.11 Å². The van der Waals surface area contributed by atoms with Crippen LogP contribution in [0.1, 0.15) is 16.7 Å². The number of benzene rings is 2. The van der Waals surface area contributed by atoms with Crippen LogP contribution in [0.25, 0.3) is 0 Å². The van der Waals surface area contributed by atoms with Gasteiger partial charge in [0, 0.05) is 24.2 Å². The molecule has 0 saturated heterocycles. The summed E-state index contributed by atoms with van der Waals surface area (Å²) in [6, 6.07) is 11.2. The normalized spacial score (nSPS) is 10.4. The highest BCUT2D eigenvalue weighted by atomic mass is 35.5. The van der Waals surface area contributed by atoms with Crippen molar-refractivity contribution in [1.82, 2.24) is 4.90 Å². The van der Waals surface area contributed by atoms with E-state index >= 15 is 0 Å². The summed E-state index contributed by atoms with van der Waals surface area (Å²) in [6.07, 6.45) is 0. The van der Waals surface area contributed by atoms with Crippen molar-refractivity contribution in [2.45, 2.75) is 20.4 Å². The molecule has 24 heavy (non-hydrogen) atoms. The lowest BCUT2D eigenvalue weighted by molar-refractivity contribution is -0.132. The Kier molecular flexibility index (Phi) is 6.10. The number of carbonyl (C=O) groups is 1. The monoisotopic (exact) mass is 347 g/mol. The topological polar surface area (TPSA) is 38.8 Å². The Balaban J connectivity index is 1.98.